The Morgan fingerprint density at radius 3 is 2.90 bits per heavy atom. The van der Waals surface area contributed by atoms with E-state index in [9.17, 15) is 20.0 Å². The molecule has 7 nitrogen and oxygen atoms in total. The van der Waals surface area contributed by atoms with Crippen LogP contribution in [0.3, 0.4) is 0 Å². The van der Waals surface area contributed by atoms with Crippen LogP contribution in [0.1, 0.15) is 37.9 Å². The maximum Gasteiger partial charge on any atom is 0.270 e. The number of hydrogen-bond acceptors (Lipinski definition) is 5. The Hall–Kier alpha value is -2.15. The Labute approximate surface area is 122 Å². The van der Waals surface area contributed by atoms with Crippen molar-refractivity contribution in [1.29, 1.82) is 0 Å². The Balaban J connectivity index is 2.25. The first-order valence-corrected chi connectivity index (χ1v) is 6.90. The summed E-state index contributed by atoms with van der Waals surface area (Å²) in [6, 6.07) is 4.00. The first kappa shape index (κ1) is 15.2. The molecule has 1 fully saturated rings. The molecule has 114 valence electrons. The maximum absolute atomic E-state index is 11.9. The fourth-order valence-electron chi connectivity index (χ4n) is 2.26. The number of amides is 1. The lowest BCUT2D eigenvalue weighted by atomic mass is 10.1. The van der Waals surface area contributed by atoms with Crippen LogP contribution < -0.4 is 10.1 Å². The number of carbonyl (C=O) groups excluding carboxylic acids is 1. The van der Waals surface area contributed by atoms with E-state index in [0.29, 0.717) is 24.3 Å². The normalized spacial score (nSPS) is 20.3. The molecule has 1 heterocycles. The van der Waals surface area contributed by atoms with Crippen molar-refractivity contribution < 1.29 is 19.6 Å². The van der Waals surface area contributed by atoms with Gasteiger partial charge < -0.3 is 15.2 Å². The molecule has 0 aliphatic carbocycles. The van der Waals surface area contributed by atoms with Crippen LogP contribution in [0.2, 0.25) is 0 Å². The Kier molecular flexibility index (Phi) is 4.74. The summed E-state index contributed by atoms with van der Waals surface area (Å²) in [5, 5.41) is 23.3. The number of aliphatic hydroxyl groups is 1. The van der Waals surface area contributed by atoms with Gasteiger partial charge in [0, 0.05) is 24.2 Å². The number of benzene rings is 1. The first-order valence-electron chi connectivity index (χ1n) is 6.90. The highest BCUT2D eigenvalue weighted by atomic mass is 16.6. The van der Waals surface area contributed by atoms with Gasteiger partial charge in [-0.25, -0.2) is 0 Å². The summed E-state index contributed by atoms with van der Waals surface area (Å²) in [4.78, 5) is 22.1. The van der Waals surface area contributed by atoms with Gasteiger partial charge in [-0.05, 0) is 32.3 Å². The van der Waals surface area contributed by atoms with Crippen LogP contribution in [-0.4, -0.2) is 28.6 Å². The van der Waals surface area contributed by atoms with Gasteiger partial charge in [-0.15, -0.1) is 0 Å². The summed E-state index contributed by atoms with van der Waals surface area (Å²) < 4.78 is 5.68. The molecule has 1 aromatic carbocycles. The third kappa shape index (κ3) is 3.69. The molecule has 1 aliphatic heterocycles. The number of nitrogens with zero attached hydrogens (tertiary/aromatic N) is 1. The molecule has 2 unspecified atom stereocenters. The van der Waals surface area contributed by atoms with Gasteiger partial charge in [0.05, 0.1) is 11.0 Å². The van der Waals surface area contributed by atoms with Crippen molar-refractivity contribution in [2.24, 2.45) is 0 Å². The van der Waals surface area contributed by atoms with Crippen LogP contribution in [0.25, 0.3) is 0 Å². The van der Waals surface area contributed by atoms with Gasteiger partial charge in [-0.1, -0.05) is 0 Å². The highest BCUT2D eigenvalue weighted by molar-refractivity contribution is 5.81. The standard InChI is InChI=1S/C14H18N2O5/c1-9(17)11-8-10(16(19)20)5-6-12(11)21-13-4-2-3-7-15-14(13)18/h5-6,8-9,13,17H,2-4,7H2,1H3,(H,15,18). The number of nitro benzene ring substituents is 1. The molecule has 2 atom stereocenters. The quantitative estimate of drug-likeness (QED) is 0.650. The van der Waals surface area contributed by atoms with Gasteiger partial charge in [0.2, 0.25) is 0 Å². The first-order chi connectivity index (χ1) is 9.99. The highest BCUT2D eigenvalue weighted by Crippen LogP contribution is 2.30. The predicted octanol–water partition coefficient (Wildman–Crippen LogP) is 1.70. The van der Waals surface area contributed by atoms with Gasteiger partial charge in [0.25, 0.3) is 11.6 Å². The van der Waals surface area contributed by atoms with Crippen molar-refractivity contribution in [2.45, 2.75) is 38.4 Å². The zero-order valence-corrected chi connectivity index (χ0v) is 11.7. The Bertz CT molecular complexity index is 544. The molecule has 1 amide bonds. The topological polar surface area (TPSA) is 102 Å². The number of nitrogens with one attached hydrogen (secondary N) is 1. The van der Waals surface area contributed by atoms with E-state index in [-0.39, 0.29) is 11.6 Å². The van der Waals surface area contributed by atoms with Crippen LogP contribution in [0.4, 0.5) is 5.69 Å². The van der Waals surface area contributed by atoms with Crippen molar-refractivity contribution >= 4 is 11.6 Å². The largest absolute Gasteiger partial charge is 0.480 e. The summed E-state index contributed by atoms with van der Waals surface area (Å²) in [7, 11) is 0. The number of aliphatic hydroxyl groups excluding tert-OH is 1. The molecule has 1 aliphatic rings. The number of rotatable bonds is 4. The minimum absolute atomic E-state index is 0.122. The minimum atomic E-state index is -0.922. The van der Waals surface area contributed by atoms with Crippen molar-refractivity contribution in [3.05, 3.63) is 33.9 Å². The van der Waals surface area contributed by atoms with Crippen LogP contribution in [0.15, 0.2) is 18.2 Å². The predicted molar refractivity (Wildman–Crippen MR) is 75.0 cm³/mol. The van der Waals surface area contributed by atoms with Crippen LogP contribution in [0, 0.1) is 10.1 Å². The third-order valence-electron chi connectivity index (χ3n) is 3.41. The second kappa shape index (κ2) is 6.53. The van der Waals surface area contributed by atoms with E-state index in [1.165, 1.54) is 25.1 Å². The maximum atomic E-state index is 11.9. The van der Waals surface area contributed by atoms with Crippen LogP contribution >= 0.6 is 0 Å². The molecular weight excluding hydrogens is 276 g/mol. The van der Waals surface area contributed by atoms with E-state index in [0.717, 1.165) is 12.8 Å². The Morgan fingerprint density at radius 2 is 2.24 bits per heavy atom. The van der Waals surface area contributed by atoms with Crippen molar-refractivity contribution in [2.75, 3.05) is 6.54 Å². The lowest BCUT2D eigenvalue weighted by Crippen LogP contribution is -2.36. The lowest BCUT2D eigenvalue weighted by molar-refractivity contribution is -0.385. The monoisotopic (exact) mass is 294 g/mol. The minimum Gasteiger partial charge on any atom is -0.480 e. The van der Waals surface area contributed by atoms with Crippen molar-refractivity contribution in [3.63, 3.8) is 0 Å². The zero-order valence-electron chi connectivity index (χ0n) is 11.7. The van der Waals surface area contributed by atoms with Gasteiger partial charge in [-0.3, -0.25) is 14.9 Å². The van der Waals surface area contributed by atoms with E-state index >= 15 is 0 Å². The lowest BCUT2D eigenvalue weighted by Gasteiger charge is -2.19. The van der Waals surface area contributed by atoms with E-state index in [1.54, 1.807) is 0 Å². The molecule has 0 radical (unpaired) electrons. The Morgan fingerprint density at radius 1 is 1.48 bits per heavy atom. The smallest absolute Gasteiger partial charge is 0.270 e. The molecule has 7 heteroatoms. The molecule has 0 spiro atoms. The van der Waals surface area contributed by atoms with Gasteiger partial charge in [-0.2, -0.15) is 0 Å². The van der Waals surface area contributed by atoms with E-state index < -0.39 is 17.1 Å². The third-order valence-corrected chi connectivity index (χ3v) is 3.41. The molecule has 0 bridgehead atoms. The van der Waals surface area contributed by atoms with E-state index in [4.69, 9.17) is 4.74 Å². The van der Waals surface area contributed by atoms with Crippen LogP contribution in [0.5, 0.6) is 5.75 Å². The molecule has 21 heavy (non-hydrogen) atoms. The second-order valence-corrected chi connectivity index (χ2v) is 5.05. The molecule has 2 N–H and O–H groups in total. The summed E-state index contributed by atoms with van der Waals surface area (Å²) in [6.45, 7) is 2.13. The SMILES string of the molecule is CC(O)c1cc([N+](=O)[O-])ccc1OC1CCCCNC1=O. The molecule has 1 aromatic rings. The molecule has 0 saturated carbocycles. The zero-order chi connectivity index (χ0) is 15.4. The highest BCUT2D eigenvalue weighted by Gasteiger charge is 2.24. The van der Waals surface area contributed by atoms with Gasteiger partial charge >= 0.3 is 0 Å². The van der Waals surface area contributed by atoms with Gasteiger partial charge in [0.15, 0.2) is 6.10 Å². The molecular formula is C14H18N2O5. The van der Waals surface area contributed by atoms with E-state index in [2.05, 4.69) is 5.32 Å². The number of non-ortho nitro benzene ring substituents is 1. The summed E-state index contributed by atoms with van der Waals surface area (Å²) >= 11 is 0. The molecule has 0 aromatic heterocycles. The average Bonchev–Trinajstić information content (AvgIpc) is 2.64. The second-order valence-electron chi connectivity index (χ2n) is 5.05. The summed E-state index contributed by atoms with van der Waals surface area (Å²) in [5.74, 6) is 0.111. The molecule has 1 saturated heterocycles. The fraction of sp³-hybridized carbons (Fsp3) is 0.500. The van der Waals surface area contributed by atoms with E-state index in [1.807, 2.05) is 0 Å². The molecule has 2 rings (SSSR count). The summed E-state index contributed by atoms with van der Waals surface area (Å²) in [6.07, 6.45) is 0.789. The fourth-order valence-corrected chi connectivity index (χ4v) is 2.26. The van der Waals surface area contributed by atoms with Crippen molar-refractivity contribution in [1.82, 2.24) is 5.32 Å². The average molecular weight is 294 g/mol. The summed E-state index contributed by atoms with van der Waals surface area (Å²) in [5.41, 5.74) is 0.185. The number of carbonyl (C=O) groups is 1. The van der Waals surface area contributed by atoms with Gasteiger partial charge in [0.1, 0.15) is 5.75 Å². The number of ether oxygens (including phenoxy) is 1. The number of hydrogen-bond donors (Lipinski definition) is 2. The number of nitro groups is 1. The van der Waals surface area contributed by atoms with Crippen molar-refractivity contribution in [3.8, 4) is 5.75 Å². The van der Waals surface area contributed by atoms with Crippen LogP contribution in [-0.2, 0) is 4.79 Å².